The molecule has 2 aromatic carbocycles. The Bertz CT molecular complexity index is 792. The number of alkyl halides is 3. The Morgan fingerprint density at radius 3 is 2.64 bits per heavy atom. The Morgan fingerprint density at radius 2 is 1.88 bits per heavy atom. The van der Waals surface area contributed by atoms with Crippen LogP contribution < -0.4 is 14.2 Å². The number of ether oxygens (including phenoxy) is 3. The molecular formula is C17H14F3NO4. The highest BCUT2D eigenvalue weighted by molar-refractivity contribution is 5.94. The number of halogens is 3. The van der Waals surface area contributed by atoms with Gasteiger partial charge in [-0.05, 0) is 24.3 Å². The lowest BCUT2D eigenvalue weighted by Crippen LogP contribution is -2.27. The maximum Gasteiger partial charge on any atom is 0.573 e. The third-order valence-corrected chi connectivity index (χ3v) is 3.57. The van der Waals surface area contributed by atoms with Crippen LogP contribution in [0.15, 0.2) is 42.5 Å². The number of hydrogen-bond donors (Lipinski definition) is 0. The first kappa shape index (κ1) is 16.9. The summed E-state index contributed by atoms with van der Waals surface area (Å²) in [4.78, 5) is 13.8. The molecule has 132 valence electrons. The second-order valence-electron chi connectivity index (χ2n) is 5.38. The molecule has 0 atom stereocenters. The average Bonchev–Trinajstić information content (AvgIpc) is 3.02. The van der Waals surface area contributed by atoms with Gasteiger partial charge in [-0.3, -0.25) is 4.79 Å². The molecule has 1 amide bonds. The van der Waals surface area contributed by atoms with Gasteiger partial charge in [0.1, 0.15) is 5.75 Å². The van der Waals surface area contributed by atoms with E-state index in [0.29, 0.717) is 17.1 Å². The van der Waals surface area contributed by atoms with Crippen LogP contribution >= 0.6 is 0 Å². The number of hydrogen-bond acceptors (Lipinski definition) is 4. The minimum absolute atomic E-state index is 0.0421. The Balaban J connectivity index is 1.76. The van der Waals surface area contributed by atoms with E-state index < -0.39 is 6.36 Å². The molecule has 0 spiro atoms. The van der Waals surface area contributed by atoms with Crippen molar-refractivity contribution in [3.8, 4) is 17.2 Å². The van der Waals surface area contributed by atoms with Crippen LogP contribution in [-0.4, -0.2) is 31.0 Å². The van der Waals surface area contributed by atoms with Crippen molar-refractivity contribution < 1.29 is 32.2 Å². The lowest BCUT2D eigenvalue weighted by Gasteiger charge is -2.20. The van der Waals surface area contributed by atoms with E-state index in [9.17, 15) is 18.0 Å². The summed E-state index contributed by atoms with van der Waals surface area (Å²) in [5, 5.41) is 0. The minimum Gasteiger partial charge on any atom is -0.454 e. The van der Waals surface area contributed by atoms with Crippen LogP contribution in [0.4, 0.5) is 13.2 Å². The molecule has 0 aliphatic carbocycles. The molecule has 0 N–H and O–H groups in total. The summed E-state index contributed by atoms with van der Waals surface area (Å²) < 4.78 is 51.9. The first-order valence-electron chi connectivity index (χ1n) is 7.32. The summed E-state index contributed by atoms with van der Waals surface area (Å²) in [5.74, 6) is 0.309. The fraction of sp³-hybridized carbons (Fsp3) is 0.235. The number of amides is 1. The second kappa shape index (κ2) is 6.54. The Hall–Kier alpha value is -2.90. The maximum absolute atomic E-state index is 12.5. The van der Waals surface area contributed by atoms with Crippen LogP contribution in [0, 0.1) is 0 Å². The van der Waals surface area contributed by atoms with Crippen molar-refractivity contribution in [1.29, 1.82) is 0 Å². The van der Waals surface area contributed by atoms with E-state index in [1.165, 1.54) is 30.1 Å². The van der Waals surface area contributed by atoms with Crippen molar-refractivity contribution >= 4 is 5.91 Å². The van der Waals surface area contributed by atoms with Crippen LogP contribution in [0.5, 0.6) is 17.2 Å². The third-order valence-electron chi connectivity index (χ3n) is 3.57. The summed E-state index contributed by atoms with van der Waals surface area (Å²) in [7, 11) is 1.50. The van der Waals surface area contributed by atoms with E-state index in [1.54, 1.807) is 24.3 Å². The highest BCUT2D eigenvalue weighted by Gasteiger charge is 2.32. The summed E-state index contributed by atoms with van der Waals surface area (Å²) in [6.07, 6.45) is -4.80. The van der Waals surface area contributed by atoms with E-state index in [1.807, 2.05) is 0 Å². The molecule has 1 aliphatic heterocycles. The number of rotatable bonds is 4. The normalized spacial score (nSPS) is 12.8. The van der Waals surface area contributed by atoms with Gasteiger partial charge < -0.3 is 19.1 Å². The molecule has 0 saturated heterocycles. The van der Waals surface area contributed by atoms with Crippen molar-refractivity contribution in [2.75, 3.05) is 13.8 Å². The van der Waals surface area contributed by atoms with Crippen LogP contribution in [0.2, 0.25) is 0 Å². The van der Waals surface area contributed by atoms with Crippen LogP contribution in [-0.2, 0) is 6.54 Å². The van der Waals surface area contributed by atoms with E-state index in [4.69, 9.17) is 9.47 Å². The molecule has 2 aromatic rings. The Morgan fingerprint density at radius 1 is 1.16 bits per heavy atom. The molecule has 0 unspecified atom stereocenters. The topological polar surface area (TPSA) is 48.0 Å². The van der Waals surface area contributed by atoms with E-state index in [-0.39, 0.29) is 30.6 Å². The fourth-order valence-electron chi connectivity index (χ4n) is 2.44. The van der Waals surface area contributed by atoms with E-state index in [2.05, 4.69) is 4.74 Å². The van der Waals surface area contributed by atoms with Crippen molar-refractivity contribution in [1.82, 2.24) is 4.90 Å². The van der Waals surface area contributed by atoms with Gasteiger partial charge in [-0.25, -0.2) is 0 Å². The highest BCUT2D eigenvalue weighted by Crippen LogP contribution is 2.33. The number of nitrogens with zero attached hydrogens (tertiary/aromatic N) is 1. The van der Waals surface area contributed by atoms with Crippen molar-refractivity contribution in [3.63, 3.8) is 0 Å². The third kappa shape index (κ3) is 3.96. The second-order valence-corrected chi connectivity index (χ2v) is 5.38. The van der Waals surface area contributed by atoms with Gasteiger partial charge >= 0.3 is 6.36 Å². The maximum atomic E-state index is 12.5. The average molecular weight is 353 g/mol. The van der Waals surface area contributed by atoms with E-state index in [0.717, 1.165) is 0 Å². The van der Waals surface area contributed by atoms with Crippen molar-refractivity contribution in [2.45, 2.75) is 12.9 Å². The lowest BCUT2D eigenvalue weighted by molar-refractivity contribution is -0.275. The molecule has 5 nitrogen and oxygen atoms in total. The van der Waals surface area contributed by atoms with Gasteiger partial charge in [-0.15, -0.1) is 13.2 Å². The van der Waals surface area contributed by atoms with Crippen LogP contribution in [0.25, 0.3) is 0 Å². The molecular weight excluding hydrogens is 339 g/mol. The van der Waals surface area contributed by atoms with Gasteiger partial charge in [0.05, 0.1) is 0 Å². The summed E-state index contributed by atoms with van der Waals surface area (Å²) in [6, 6.07) is 10.4. The molecule has 8 heteroatoms. The summed E-state index contributed by atoms with van der Waals surface area (Å²) >= 11 is 0. The SMILES string of the molecule is CN(Cc1ccccc1OC(F)(F)F)C(=O)c1ccc2c(c1)OCO2. The van der Waals surface area contributed by atoms with Crippen molar-refractivity contribution in [2.24, 2.45) is 0 Å². The summed E-state index contributed by atoms with van der Waals surface area (Å²) in [5.41, 5.74) is 0.595. The first-order chi connectivity index (χ1) is 11.8. The van der Waals surface area contributed by atoms with Gasteiger partial charge in [0.15, 0.2) is 11.5 Å². The molecule has 0 fully saturated rings. The molecule has 0 aromatic heterocycles. The molecule has 1 aliphatic rings. The van der Waals surface area contributed by atoms with Crippen LogP contribution in [0.1, 0.15) is 15.9 Å². The van der Waals surface area contributed by atoms with Gasteiger partial charge in [0.25, 0.3) is 5.91 Å². The molecule has 3 rings (SSSR count). The summed E-state index contributed by atoms with van der Waals surface area (Å²) in [6.45, 7) is 0.0461. The molecule has 0 bridgehead atoms. The van der Waals surface area contributed by atoms with Crippen LogP contribution in [0.3, 0.4) is 0 Å². The zero-order chi connectivity index (χ0) is 18.0. The van der Waals surface area contributed by atoms with Gasteiger partial charge in [-0.1, -0.05) is 18.2 Å². The quantitative estimate of drug-likeness (QED) is 0.843. The Labute approximate surface area is 141 Å². The minimum atomic E-state index is -4.80. The molecule has 25 heavy (non-hydrogen) atoms. The monoisotopic (exact) mass is 353 g/mol. The highest BCUT2D eigenvalue weighted by atomic mass is 19.4. The lowest BCUT2D eigenvalue weighted by atomic mass is 10.1. The molecule has 0 saturated carbocycles. The number of para-hydroxylation sites is 1. The fourth-order valence-corrected chi connectivity index (χ4v) is 2.44. The number of benzene rings is 2. The predicted octanol–water partition coefficient (Wildman–Crippen LogP) is 3.59. The molecule has 1 heterocycles. The smallest absolute Gasteiger partial charge is 0.454 e. The number of fused-ring (bicyclic) bond motifs is 1. The standard InChI is InChI=1S/C17H14F3NO4/c1-21(9-12-4-2-3-5-13(12)25-17(18,19)20)16(22)11-6-7-14-15(8-11)24-10-23-14/h2-8H,9-10H2,1H3. The zero-order valence-electron chi connectivity index (χ0n) is 13.2. The molecule has 0 radical (unpaired) electrons. The predicted molar refractivity (Wildman–Crippen MR) is 81.5 cm³/mol. The largest absolute Gasteiger partial charge is 0.573 e. The number of carbonyl (C=O) groups is 1. The zero-order valence-corrected chi connectivity index (χ0v) is 13.2. The first-order valence-corrected chi connectivity index (χ1v) is 7.32. The number of carbonyl (C=O) groups excluding carboxylic acids is 1. The van der Waals surface area contributed by atoms with Gasteiger partial charge in [-0.2, -0.15) is 0 Å². The van der Waals surface area contributed by atoms with E-state index >= 15 is 0 Å². The van der Waals surface area contributed by atoms with Gasteiger partial charge in [0, 0.05) is 24.7 Å². The Kier molecular flexibility index (Phi) is 4.43. The van der Waals surface area contributed by atoms with Gasteiger partial charge in [0.2, 0.25) is 6.79 Å². The van der Waals surface area contributed by atoms with Crippen molar-refractivity contribution in [3.05, 3.63) is 53.6 Å².